The van der Waals surface area contributed by atoms with Crippen LogP contribution in [-0.4, -0.2) is 58.9 Å². The number of likely N-dealkylation sites (tertiary alicyclic amines) is 1. The molecule has 5 aliphatic rings. The summed E-state index contributed by atoms with van der Waals surface area (Å²) in [5.74, 6) is -0.784. The molecule has 0 radical (unpaired) electrons. The Morgan fingerprint density at radius 1 is 0.759 bits per heavy atom. The molecule has 0 saturated carbocycles. The maximum absolute atomic E-state index is 15.1. The number of fused-ring (bicyclic) bond motifs is 2. The van der Waals surface area contributed by atoms with E-state index in [-0.39, 0.29) is 55.2 Å². The lowest BCUT2D eigenvalue weighted by Gasteiger charge is -2.29. The molecule has 0 aromatic heterocycles. The highest BCUT2D eigenvalue weighted by molar-refractivity contribution is 6.29. The Labute approximate surface area is 334 Å². The van der Waals surface area contributed by atoms with Crippen LogP contribution in [0.5, 0.6) is 0 Å². The summed E-state index contributed by atoms with van der Waals surface area (Å²) in [7, 11) is 0. The van der Waals surface area contributed by atoms with Gasteiger partial charge in [-0.1, -0.05) is 67.6 Å². The molecule has 0 bridgehead atoms. The third-order valence-electron chi connectivity index (χ3n) is 13.1. The molecule has 1 N–H and O–H groups in total. The Morgan fingerprint density at radius 3 is 2.00 bits per heavy atom. The van der Waals surface area contributed by atoms with E-state index in [0.29, 0.717) is 41.0 Å². The van der Waals surface area contributed by atoms with Crippen molar-refractivity contribution in [3.05, 3.63) is 138 Å². The number of carbonyl (C=O) groups excluding carboxylic acids is 4. The molecular weight excluding hydrogens is 729 g/mol. The first-order chi connectivity index (χ1) is 28.3. The molecule has 0 aliphatic carbocycles. The highest BCUT2D eigenvalue weighted by Crippen LogP contribution is 2.56. The highest BCUT2D eigenvalue weighted by atomic mass is 16.5. The Balaban J connectivity index is 0.948. The third-order valence-corrected chi connectivity index (χ3v) is 13.1. The molecule has 4 atom stereocenters. The fourth-order valence-corrected chi connectivity index (χ4v) is 10.4. The molecule has 6 aromatic carbocycles. The fourth-order valence-electron chi connectivity index (χ4n) is 10.4. The van der Waals surface area contributed by atoms with Gasteiger partial charge >= 0.3 is 0 Å². The SMILES string of the molecule is C[C@@H]1C[C@H](CC(=O)N2CCC[C@H]2CO)O[C@@]12C(=O)N(Cc1ccc(N3C(=O)c4cccc5cccc3c45)cc1)c1ccc(N3C(=O)c4cccc5cccc3c45)cc12. The average molecular weight is 769 g/mol. The normalized spacial score (nSPS) is 23.1. The minimum Gasteiger partial charge on any atom is -0.394 e. The smallest absolute Gasteiger partial charge is 0.264 e. The van der Waals surface area contributed by atoms with Gasteiger partial charge in [-0.05, 0) is 90.2 Å². The average Bonchev–Trinajstić information content (AvgIpc) is 4.04. The lowest BCUT2D eigenvalue weighted by Crippen LogP contribution is -2.44. The molecule has 58 heavy (non-hydrogen) atoms. The monoisotopic (exact) mass is 768 g/mol. The van der Waals surface area contributed by atoms with Crippen molar-refractivity contribution in [3.8, 4) is 0 Å². The van der Waals surface area contributed by atoms with Crippen molar-refractivity contribution in [3.63, 3.8) is 0 Å². The van der Waals surface area contributed by atoms with Gasteiger partial charge in [0.15, 0.2) is 5.60 Å². The van der Waals surface area contributed by atoms with Gasteiger partial charge in [-0.2, -0.15) is 0 Å². The zero-order chi connectivity index (χ0) is 39.4. The highest BCUT2D eigenvalue weighted by Gasteiger charge is 2.60. The van der Waals surface area contributed by atoms with Crippen LogP contribution < -0.4 is 14.7 Å². The van der Waals surface area contributed by atoms with Gasteiger partial charge in [0.2, 0.25) is 5.91 Å². The number of nitrogens with zero attached hydrogens (tertiary/aromatic N) is 4. The maximum atomic E-state index is 15.1. The van der Waals surface area contributed by atoms with E-state index in [2.05, 4.69) is 0 Å². The molecule has 2 saturated heterocycles. The van der Waals surface area contributed by atoms with E-state index in [1.54, 1.807) is 19.6 Å². The largest absolute Gasteiger partial charge is 0.394 e. The lowest BCUT2D eigenvalue weighted by atomic mass is 9.82. The van der Waals surface area contributed by atoms with Crippen molar-refractivity contribution in [1.29, 1.82) is 0 Å². The van der Waals surface area contributed by atoms with Gasteiger partial charge in [-0.3, -0.25) is 29.0 Å². The number of rotatable bonds is 7. The van der Waals surface area contributed by atoms with Gasteiger partial charge < -0.3 is 19.6 Å². The summed E-state index contributed by atoms with van der Waals surface area (Å²) >= 11 is 0. The van der Waals surface area contributed by atoms with Crippen LogP contribution in [0.1, 0.15) is 64.4 Å². The molecule has 2 fully saturated rings. The van der Waals surface area contributed by atoms with Crippen LogP contribution in [0.15, 0.2) is 115 Å². The molecule has 10 nitrogen and oxygen atoms in total. The second kappa shape index (κ2) is 12.8. The van der Waals surface area contributed by atoms with Crippen molar-refractivity contribution in [1.82, 2.24) is 4.90 Å². The molecule has 6 aromatic rings. The quantitative estimate of drug-likeness (QED) is 0.176. The van der Waals surface area contributed by atoms with Crippen LogP contribution in [-0.2, 0) is 26.5 Å². The zero-order valence-corrected chi connectivity index (χ0v) is 31.9. The first-order valence-electron chi connectivity index (χ1n) is 20.1. The first kappa shape index (κ1) is 34.9. The summed E-state index contributed by atoms with van der Waals surface area (Å²) in [5.41, 5.74) is 5.16. The van der Waals surface area contributed by atoms with Crippen LogP contribution in [0.3, 0.4) is 0 Å². The number of aliphatic hydroxyl groups is 1. The Bertz CT molecular complexity index is 2760. The minimum atomic E-state index is -1.38. The van der Waals surface area contributed by atoms with Crippen LogP contribution >= 0.6 is 0 Å². The summed E-state index contributed by atoms with van der Waals surface area (Å²) in [6.45, 7) is 2.78. The summed E-state index contributed by atoms with van der Waals surface area (Å²) < 4.78 is 6.90. The Kier molecular flexibility index (Phi) is 7.71. The van der Waals surface area contributed by atoms with E-state index in [1.807, 2.05) is 122 Å². The Hall–Kier alpha value is -6.36. The summed E-state index contributed by atoms with van der Waals surface area (Å²) in [6, 6.07) is 36.7. The molecule has 0 unspecified atom stereocenters. The van der Waals surface area contributed by atoms with Gasteiger partial charge in [-0.25, -0.2) is 0 Å². The second-order valence-electron chi connectivity index (χ2n) is 16.3. The van der Waals surface area contributed by atoms with Crippen LogP contribution in [0, 0.1) is 5.92 Å². The van der Waals surface area contributed by atoms with Crippen LogP contribution in [0.2, 0.25) is 0 Å². The molecule has 11 rings (SSSR count). The molecule has 10 heteroatoms. The van der Waals surface area contributed by atoms with E-state index in [4.69, 9.17) is 4.74 Å². The third kappa shape index (κ3) is 4.85. The molecule has 288 valence electrons. The van der Waals surface area contributed by atoms with E-state index < -0.39 is 11.7 Å². The van der Waals surface area contributed by atoms with Crippen molar-refractivity contribution in [2.75, 3.05) is 27.9 Å². The summed E-state index contributed by atoms with van der Waals surface area (Å²) in [4.78, 5) is 63.4. The van der Waals surface area contributed by atoms with Gasteiger partial charge in [0.25, 0.3) is 17.7 Å². The predicted molar refractivity (Wildman–Crippen MR) is 222 cm³/mol. The number of hydrogen-bond donors (Lipinski definition) is 1. The lowest BCUT2D eigenvalue weighted by molar-refractivity contribution is -0.150. The first-order valence-corrected chi connectivity index (χ1v) is 20.1. The minimum absolute atomic E-state index is 0.0752. The van der Waals surface area contributed by atoms with Gasteiger partial charge in [0.1, 0.15) is 0 Å². The number of ether oxygens (including phenoxy) is 1. The van der Waals surface area contributed by atoms with E-state index in [9.17, 15) is 19.5 Å². The number of aliphatic hydroxyl groups excluding tert-OH is 1. The maximum Gasteiger partial charge on any atom is 0.264 e. The predicted octanol–water partition coefficient (Wildman–Crippen LogP) is 8.12. The molecule has 4 amide bonds. The van der Waals surface area contributed by atoms with Crippen molar-refractivity contribution in [2.45, 2.75) is 56.9 Å². The number of anilines is 5. The van der Waals surface area contributed by atoms with E-state index in [1.165, 1.54) is 0 Å². The molecule has 5 heterocycles. The topological polar surface area (TPSA) is 111 Å². The number of amides is 4. The molecular formula is C48H40N4O6. The number of hydrogen-bond acceptors (Lipinski definition) is 6. The standard InChI is InChI=1S/C48H40N4O6/c1-28-23-35(25-42(54)49-22-6-11-34(49)27-53)58-48(28)38-24-33(52-41-15-5-10-31-8-3-13-37(44(31)41)46(52)56)20-21-39(38)50(47(48)57)26-29-16-18-32(19-17-29)51-40-14-4-9-30-7-2-12-36(43(30)40)45(51)55/h2-5,7-10,12-21,24,28,34-35,53H,6,11,22-23,25-27H2,1H3/t28-,34+,35-,48+/m1/s1. The Morgan fingerprint density at radius 2 is 1.36 bits per heavy atom. The van der Waals surface area contributed by atoms with Gasteiger partial charge in [0.05, 0.1) is 59.9 Å². The zero-order valence-electron chi connectivity index (χ0n) is 31.9. The summed E-state index contributed by atoms with van der Waals surface area (Å²) in [5, 5.41) is 13.8. The van der Waals surface area contributed by atoms with Gasteiger partial charge in [-0.15, -0.1) is 0 Å². The number of benzene rings is 6. The van der Waals surface area contributed by atoms with Crippen molar-refractivity contribution in [2.24, 2.45) is 5.92 Å². The van der Waals surface area contributed by atoms with Crippen LogP contribution in [0.25, 0.3) is 21.5 Å². The molecule has 1 spiro atoms. The number of carbonyl (C=O) groups is 4. The summed E-state index contributed by atoms with van der Waals surface area (Å²) in [6.07, 6.45) is 1.71. The fraction of sp³-hybridized carbons (Fsp3) is 0.250. The van der Waals surface area contributed by atoms with Crippen molar-refractivity contribution >= 4 is 73.6 Å². The van der Waals surface area contributed by atoms with Crippen molar-refractivity contribution < 1.29 is 29.0 Å². The van der Waals surface area contributed by atoms with E-state index >= 15 is 4.79 Å². The van der Waals surface area contributed by atoms with Gasteiger partial charge in [0, 0.05) is 40.2 Å². The molecule has 5 aliphatic heterocycles. The second-order valence-corrected chi connectivity index (χ2v) is 16.3. The van der Waals surface area contributed by atoms with Crippen LogP contribution in [0.4, 0.5) is 28.4 Å². The van der Waals surface area contributed by atoms with E-state index in [0.717, 1.165) is 57.0 Å².